The van der Waals surface area contributed by atoms with Crippen molar-refractivity contribution in [2.24, 2.45) is 11.7 Å². The van der Waals surface area contributed by atoms with Gasteiger partial charge in [0, 0.05) is 37.6 Å². The van der Waals surface area contributed by atoms with Gasteiger partial charge < -0.3 is 10.3 Å². The molecule has 0 saturated heterocycles. The van der Waals surface area contributed by atoms with Crippen LogP contribution in [0.4, 0.5) is 0 Å². The van der Waals surface area contributed by atoms with E-state index >= 15 is 0 Å². The van der Waals surface area contributed by atoms with Crippen molar-refractivity contribution in [2.75, 3.05) is 19.6 Å². The maximum absolute atomic E-state index is 6.18. The van der Waals surface area contributed by atoms with Crippen LogP contribution in [0.3, 0.4) is 0 Å². The number of likely N-dealkylation sites (N-methyl/N-ethyl adjacent to an activating group) is 1. The van der Waals surface area contributed by atoms with Gasteiger partial charge >= 0.3 is 0 Å². The largest absolute Gasteiger partial charge is 0.334 e. The average molecular weight is 278 g/mol. The number of aryl methyl sites for hydroxylation is 1. The molecule has 1 aliphatic carbocycles. The van der Waals surface area contributed by atoms with E-state index in [1.165, 1.54) is 25.7 Å². The van der Waals surface area contributed by atoms with Crippen LogP contribution >= 0.6 is 0 Å². The van der Waals surface area contributed by atoms with E-state index in [0.717, 1.165) is 37.9 Å². The fraction of sp³-hybridized carbons (Fsp3) is 0.812. The summed E-state index contributed by atoms with van der Waals surface area (Å²) in [5, 5.41) is 0. The van der Waals surface area contributed by atoms with Crippen molar-refractivity contribution >= 4 is 0 Å². The predicted octanol–water partition coefficient (Wildman–Crippen LogP) is 2.42. The first-order chi connectivity index (χ1) is 9.61. The normalized spacial score (nSPS) is 27.1. The molecule has 1 aromatic rings. The zero-order chi connectivity index (χ0) is 14.6. The fourth-order valence-electron chi connectivity index (χ4n) is 3.55. The summed E-state index contributed by atoms with van der Waals surface area (Å²) in [6.45, 7) is 10.6. The Balaban J connectivity index is 2.00. The maximum Gasteiger partial charge on any atom is 0.105 e. The molecule has 1 saturated carbocycles. The third-order valence-electron chi connectivity index (χ3n) is 5.17. The summed E-state index contributed by atoms with van der Waals surface area (Å²) in [7, 11) is 0. The van der Waals surface area contributed by atoms with Crippen molar-refractivity contribution < 1.29 is 0 Å². The number of nitrogens with two attached hydrogens (primary N) is 1. The number of rotatable bonds is 6. The molecule has 1 aromatic heterocycles. The fourth-order valence-corrected chi connectivity index (χ4v) is 3.55. The predicted molar refractivity (Wildman–Crippen MR) is 83.6 cm³/mol. The molecular weight excluding hydrogens is 248 g/mol. The summed E-state index contributed by atoms with van der Waals surface area (Å²) in [4.78, 5) is 6.91. The van der Waals surface area contributed by atoms with Crippen LogP contribution in [0, 0.1) is 12.8 Å². The summed E-state index contributed by atoms with van der Waals surface area (Å²) in [5.41, 5.74) is 6.41. The SMILES string of the molecule is CCN(CCn1ccnc1C)C1(CN)CCC(C)CC1. The molecule has 0 amide bonds. The molecule has 0 spiro atoms. The molecule has 4 nitrogen and oxygen atoms in total. The Hall–Kier alpha value is -0.870. The van der Waals surface area contributed by atoms with Crippen molar-refractivity contribution in [1.82, 2.24) is 14.5 Å². The Morgan fingerprint density at radius 2 is 2.15 bits per heavy atom. The molecule has 0 unspecified atom stereocenters. The van der Waals surface area contributed by atoms with Crippen molar-refractivity contribution in [1.29, 1.82) is 0 Å². The van der Waals surface area contributed by atoms with Crippen molar-refractivity contribution in [2.45, 2.75) is 58.5 Å². The van der Waals surface area contributed by atoms with Crippen LogP contribution in [-0.4, -0.2) is 39.6 Å². The summed E-state index contributed by atoms with van der Waals surface area (Å²) < 4.78 is 2.23. The minimum atomic E-state index is 0.232. The van der Waals surface area contributed by atoms with E-state index in [1.54, 1.807) is 0 Å². The van der Waals surface area contributed by atoms with Gasteiger partial charge in [0.1, 0.15) is 5.82 Å². The van der Waals surface area contributed by atoms with Gasteiger partial charge in [-0.3, -0.25) is 4.90 Å². The second-order valence-electron chi connectivity index (χ2n) is 6.36. The monoisotopic (exact) mass is 278 g/mol. The van der Waals surface area contributed by atoms with E-state index in [1.807, 2.05) is 6.20 Å². The third-order valence-corrected chi connectivity index (χ3v) is 5.17. The molecule has 1 fully saturated rings. The van der Waals surface area contributed by atoms with Crippen molar-refractivity contribution in [3.63, 3.8) is 0 Å². The highest BCUT2D eigenvalue weighted by Gasteiger charge is 2.37. The molecule has 2 N–H and O–H groups in total. The van der Waals surface area contributed by atoms with Crippen LogP contribution in [0.25, 0.3) is 0 Å². The maximum atomic E-state index is 6.18. The highest BCUT2D eigenvalue weighted by Crippen LogP contribution is 2.35. The van der Waals surface area contributed by atoms with E-state index in [2.05, 4.69) is 41.4 Å². The second kappa shape index (κ2) is 6.72. The third kappa shape index (κ3) is 3.23. The number of aromatic nitrogens is 2. The van der Waals surface area contributed by atoms with E-state index in [0.29, 0.717) is 0 Å². The second-order valence-corrected chi connectivity index (χ2v) is 6.36. The molecule has 1 heterocycles. The first-order valence-electron chi connectivity index (χ1n) is 8.04. The Morgan fingerprint density at radius 1 is 1.45 bits per heavy atom. The minimum Gasteiger partial charge on any atom is -0.334 e. The van der Waals surface area contributed by atoms with Gasteiger partial charge in [0.2, 0.25) is 0 Å². The molecule has 114 valence electrons. The molecular formula is C16H30N4. The first-order valence-corrected chi connectivity index (χ1v) is 8.04. The standard InChI is InChI=1S/C16H30N4/c1-4-20(12-11-19-10-9-18-15(19)3)16(13-17)7-5-14(2)6-8-16/h9-10,14H,4-8,11-13,17H2,1-3H3. The first kappa shape index (κ1) is 15.5. The molecule has 4 heteroatoms. The van der Waals surface area contributed by atoms with Gasteiger partial charge in [-0.1, -0.05) is 13.8 Å². The smallest absolute Gasteiger partial charge is 0.105 e. The van der Waals surface area contributed by atoms with E-state index in [-0.39, 0.29) is 5.54 Å². The Kier molecular flexibility index (Phi) is 5.22. The summed E-state index contributed by atoms with van der Waals surface area (Å²) in [5.74, 6) is 1.96. The number of nitrogens with zero attached hydrogens (tertiary/aromatic N) is 3. The van der Waals surface area contributed by atoms with E-state index < -0.39 is 0 Å². The highest BCUT2D eigenvalue weighted by atomic mass is 15.2. The van der Waals surface area contributed by atoms with Gasteiger partial charge in [0.25, 0.3) is 0 Å². The lowest BCUT2D eigenvalue weighted by atomic mass is 9.76. The Morgan fingerprint density at radius 3 is 2.65 bits per heavy atom. The topological polar surface area (TPSA) is 47.1 Å². The zero-order valence-corrected chi connectivity index (χ0v) is 13.3. The molecule has 0 atom stereocenters. The number of imidazole rings is 1. The Labute approximate surface area is 123 Å². The Bertz CT molecular complexity index is 404. The molecule has 0 bridgehead atoms. The van der Waals surface area contributed by atoms with Gasteiger partial charge in [-0.15, -0.1) is 0 Å². The molecule has 0 aliphatic heterocycles. The summed E-state index contributed by atoms with van der Waals surface area (Å²) >= 11 is 0. The molecule has 2 rings (SSSR count). The minimum absolute atomic E-state index is 0.232. The molecule has 0 aromatic carbocycles. The lowest BCUT2D eigenvalue weighted by Crippen LogP contribution is -2.56. The molecule has 20 heavy (non-hydrogen) atoms. The van der Waals surface area contributed by atoms with Gasteiger partial charge in [0.15, 0.2) is 0 Å². The van der Waals surface area contributed by atoms with Gasteiger partial charge in [-0.2, -0.15) is 0 Å². The quantitative estimate of drug-likeness (QED) is 0.869. The van der Waals surface area contributed by atoms with Crippen LogP contribution < -0.4 is 5.73 Å². The van der Waals surface area contributed by atoms with Gasteiger partial charge in [0.05, 0.1) is 0 Å². The number of hydrogen-bond donors (Lipinski definition) is 1. The molecule has 1 aliphatic rings. The number of hydrogen-bond acceptors (Lipinski definition) is 3. The van der Waals surface area contributed by atoms with E-state index in [9.17, 15) is 0 Å². The molecule has 0 radical (unpaired) electrons. The van der Waals surface area contributed by atoms with Gasteiger partial charge in [-0.05, 0) is 45.1 Å². The lowest BCUT2D eigenvalue weighted by Gasteiger charge is -2.47. The van der Waals surface area contributed by atoms with Crippen LogP contribution in [0.1, 0.15) is 45.4 Å². The summed E-state index contributed by atoms with van der Waals surface area (Å²) in [6, 6.07) is 0. The van der Waals surface area contributed by atoms with Crippen LogP contribution in [0.5, 0.6) is 0 Å². The zero-order valence-electron chi connectivity index (χ0n) is 13.3. The average Bonchev–Trinajstić information content (AvgIpc) is 2.87. The van der Waals surface area contributed by atoms with Crippen LogP contribution in [0.2, 0.25) is 0 Å². The van der Waals surface area contributed by atoms with E-state index in [4.69, 9.17) is 5.73 Å². The van der Waals surface area contributed by atoms with Gasteiger partial charge in [-0.25, -0.2) is 4.98 Å². The lowest BCUT2D eigenvalue weighted by molar-refractivity contribution is 0.0460. The summed E-state index contributed by atoms with van der Waals surface area (Å²) in [6.07, 6.45) is 9.09. The highest BCUT2D eigenvalue weighted by molar-refractivity contribution is 4.96. The van der Waals surface area contributed by atoms with Crippen LogP contribution in [-0.2, 0) is 6.54 Å². The van der Waals surface area contributed by atoms with Crippen molar-refractivity contribution in [3.8, 4) is 0 Å². The van der Waals surface area contributed by atoms with Crippen molar-refractivity contribution in [3.05, 3.63) is 18.2 Å². The van der Waals surface area contributed by atoms with Crippen LogP contribution in [0.15, 0.2) is 12.4 Å².